The molecule has 0 aromatic carbocycles. The molecule has 1 heterocycles. The third-order valence-corrected chi connectivity index (χ3v) is 5.43. The van der Waals surface area contributed by atoms with Crippen LogP contribution in [-0.4, -0.2) is 9.97 Å². The lowest BCUT2D eigenvalue weighted by Crippen LogP contribution is -2.26. The van der Waals surface area contributed by atoms with Crippen LogP contribution in [0, 0.1) is 11.8 Å². The predicted octanol–water partition coefficient (Wildman–Crippen LogP) is 4.76. The fraction of sp³-hybridized carbons (Fsp3) is 0.765. The summed E-state index contributed by atoms with van der Waals surface area (Å²) in [6.45, 7) is 10.9. The average Bonchev–Trinajstić information content (AvgIpc) is 2.40. The molecular weight excluding hydrogens is 328 g/mol. The van der Waals surface area contributed by atoms with Crippen LogP contribution in [0.4, 0.5) is 0 Å². The number of hydrogen-bond donors (Lipinski definition) is 1. The molecule has 0 aliphatic heterocycles. The van der Waals surface area contributed by atoms with Crippen molar-refractivity contribution in [3.63, 3.8) is 0 Å². The molecule has 1 aliphatic carbocycles. The molecule has 0 bridgehead atoms. The highest BCUT2D eigenvalue weighted by atomic mass is 79.9. The van der Waals surface area contributed by atoms with Gasteiger partial charge in [0.15, 0.2) is 0 Å². The number of aromatic amines is 1. The molecule has 21 heavy (non-hydrogen) atoms. The van der Waals surface area contributed by atoms with E-state index >= 15 is 0 Å². The van der Waals surface area contributed by atoms with Crippen molar-refractivity contribution in [2.75, 3.05) is 0 Å². The minimum atomic E-state index is -0.128. The maximum absolute atomic E-state index is 12.2. The van der Waals surface area contributed by atoms with Gasteiger partial charge in [0.1, 0.15) is 10.3 Å². The summed E-state index contributed by atoms with van der Waals surface area (Å²) in [6.07, 6.45) is 4.76. The van der Waals surface area contributed by atoms with E-state index in [9.17, 15) is 4.79 Å². The molecule has 0 atom stereocenters. The topological polar surface area (TPSA) is 45.8 Å². The minimum Gasteiger partial charge on any atom is -0.309 e. The molecule has 1 saturated carbocycles. The second-order valence-electron chi connectivity index (χ2n) is 7.72. The summed E-state index contributed by atoms with van der Waals surface area (Å²) < 4.78 is 0.578. The molecule has 0 saturated heterocycles. The summed E-state index contributed by atoms with van der Waals surface area (Å²) in [6, 6.07) is 0. The monoisotopic (exact) mass is 354 g/mol. The quantitative estimate of drug-likeness (QED) is 0.831. The minimum absolute atomic E-state index is 0.0455. The molecule has 1 fully saturated rings. The van der Waals surface area contributed by atoms with Gasteiger partial charge in [-0.3, -0.25) is 4.79 Å². The Morgan fingerprint density at radius 1 is 1.19 bits per heavy atom. The first kappa shape index (κ1) is 16.7. The lowest BCUT2D eigenvalue weighted by atomic mass is 9.76. The van der Waals surface area contributed by atoms with E-state index in [2.05, 4.69) is 55.5 Å². The smallest absolute Gasteiger partial charge is 0.265 e. The lowest BCUT2D eigenvalue weighted by molar-refractivity contribution is 0.254. The molecular formula is C17H27BrN2O. The average molecular weight is 355 g/mol. The standard InChI is InChI=1S/C17H27BrN2O/c1-10(2)11-6-8-12(9-7-11)15-19-14(17(3,4)5)13(18)16(21)20-15/h10-12H,6-9H2,1-5H3,(H,19,20,21). The summed E-state index contributed by atoms with van der Waals surface area (Å²) in [5, 5.41) is 0. The largest absolute Gasteiger partial charge is 0.309 e. The number of halogens is 1. The number of hydrogen-bond acceptors (Lipinski definition) is 2. The third-order valence-electron chi connectivity index (χ3n) is 4.69. The molecule has 1 aliphatic rings. The second kappa shape index (κ2) is 6.23. The van der Waals surface area contributed by atoms with Crippen LogP contribution in [0.5, 0.6) is 0 Å². The molecule has 0 spiro atoms. The number of nitrogens with one attached hydrogen (secondary N) is 1. The Bertz CT molecular complexity index is 549. The van der Waals surface area contributed by atoms with Crippen molar-refractivity contribution in [2.45, 2.75) is 71.6 Å². The van der Waals surface area contributed by atoms with E-state index in [1.165, 1.54) is 12.8 Å². The van der Waals surface area contributed by atoms with Gasteiger partial charge in [0, 0.05) is 11.3 Å². The van der Waals surface area contributed by atoms with Crippen LogP contribution >= 0.6 is 15.9 Å². The number of rotatable bonds is 2. The van der Waals surface area contributed by atoms with Gasteiger partial charge >= 0.3 is 0 Å². The molecule has 4 heteroatoms. The first-order valence-electron chi connectivity index (χ1n) is 8.00. The van der Waals surface area contributed by atoms with Crippen molar-refractivity contribution in [3.05, 3.63) is 26.3 Å². The number of nitrogens with zero attached hydrogens (tertiary/aromatic N) is 1. The first-order chi connectivity index (χ1) is 9.70. The van der Waals surface area contributed by atoms with E-state index in [0.29, 0.717) is 10.4 Å². The molecule has 0 amide bonds. The Balaban J connectivity index is 2.26. The van der Waals surface area contributed by atoms with Gasteiger partial charge in [-0.1, -0.05) is 34.6 Å². The zero-order valence-corrected chi connectivity index (χ0v) is 15.4. The maximum atomic E-state index is 12.2. The Labute approximate surface area is 136 Å². The van der Waals surface area contributed by atoms with Crippen LogP contribution < -0.4 is 5.56 Å². The Morgan fingerprint density at radius 3 is 2.24 bits per heavy atom. The Morgan fingerprint density at radius 2 is 1.76 bits per heavy atom. The van der Waals surface area contributed by atoms with E-state index in [0.717, 1.165) is 36.2 Å². The third kappa shape index (κ3) is 3.77. The molecule has 3 nitrogen and oxygen atoms in total. The Hall–Kier alpha value is -0.640. The van der Waals surface area contributed by atoms with E-state index in [1.54, 1.807) is 0 Å². The van der Waals surface area contributed by atoms with Crippen LogP contribution in [-0.2, 0) is 5.41 Å². The normalized spacial score (nSPS) is 23.6. The van der Waals surface area contributed by atoms with Gasteiger partial charge in [-0.15, -0.1) is 0 Å². The van der Waals surface area contributed by atoms with E-state index in [1.807, 2.05) is 0 Å². The SMILES string of the molecule is CC(C)C1CCC(c2nc(C(C)(C)C)c(Br)c(=O)[nH]2)CC1. The zero-order valence-electron chi connectivity index (χ0n) is 13.8. The van der Waals surface area contributed by atoms with Crippen molar-refractivity contribution < 1.29 is 0 Å². The summed E-state index contributed by atoms with van der Waals surface area (Å²) in [4.78, 5) is 20.0. The van der Waals surface area contributed by atoms with Crippen molar-refractivity contribution >= 4 is 15.9 Å². The van der Waals surface area contributed by atoms with Gasteiger partial charge in [0.2, 0.25) is 0 Å². The van der Waals surface area contributed by atoms with Gasteiger partial charge < -0.3 is 4.98 Å². The predicted molar refractivity (Wildman–Crippen MR) is 90.8 cm³/mol. The van der Waals surface area contributed by atoms with Gasteiger partial charge in [-0.25, -0.2) is 4.98 Å². The number of H-pyrrole nitrogens is 1. The molecule has 0 unspecified atom stereocenters. The highest BCUT2D eigenvalue weighted by Gasteiger charge is 2.28. The van der Waals surface area contributed by atoms with Crippen LogP contribution in [0.2, 0.25) is 0 Å². The molecule has 118 valence electrons. The lowest BCUT2D eigenvalue weighted by Gasteiger charge is -2.31. The van der Waals surface area contributed by atoms with Crippen molar-refractivity contribution in [1.29, 1.82) is 0 Å². The van der Waals surface area contributed by atoms with Crippen molar-refractivity contribution in [1.82, 2.24) is 9.97 Å². The number of aromatic nitrogens is 2. The molecule has 0 radical (unpaired) electrons. The second-order valence-corrected chi connectivity index (χ2v) is 8.51. The van der Waals surface area contributed by atoms with Crippen molar-refractivity contribution in [3.8, 4) is 0 Å². The fourth-order valence-corrected chi connectivity index (χ4v) is 4.01. The summed E-state index contributed by atoms with van der Waals surface area (Å²) in [5.74, 6) is 2.87. The van der Waals surface area contributed by atoms with Crippen LogP contribution in [0.15, 0.2) is 9.27 Å². The van der Waals surface area contributed by atoms with E-state index < -0.39 is 0 Å². The molecule has 1 aromatic heterocycles. The molecule has 2 rings (SSSR count). The maximum Gasteiger partial charge on any atom is 0.265 e. The highest BCUT2D eigenvalue weighted by molar-refractivity contribution is 9.10. The molecule has 1 N–H and O–H groups in total. The summed E-state index contributed by atoms with van der Waals surface area (Å²) >= 11 is 3.40. The first-order valence-corrected chi connectivity index (χ1v) is 8.79. The van der Waals surface area contributed by atoms with Crippen LogP contribution in [0.3, 0.4) is 0 Å². The van der Waals surface area contributed by atoms with E-state index in [-0.39, 0.29) is 11.0 Å². The Kier molecular flexibility index (Phi) is 4.96. The summed E-state index contributed by atoms with van der Waals surface area (Å²) in [5.41, 5.74) is 0.694. The fourth-order valence-electron chi connectivity index (χ4n) is 3.23. The summed E-state index contributed by atoms with van der Waals surface area (Å²) in [7, 11) is 0. The van der Waals surface area contributed by atoms with Gasteiger partial charge in [-0.05, 0) is 53.4 Å². The van der Waals surface area contributed by atoms with Crippen molar-refractivity contribution in [2.24, 2.45) is 11.8 Å². The molecule has 1 aromatic rings. The van der Waals surface area contributed by atoms with Crippen LogP contribution in [0.1, 0.15) is 77.7 Å². The van der Waals surface area contributed by atoms with Crippen LogP contribution in [0.25, 0.3) is 0 Å². The highest BCUT2D eigenvalue weighted by Crippen LogP contribution is 2.38. The zero-order chi connectivity index (χ0) is 15.8. The van der Waals surface area contributed by atoms with Gasteiger partial charge in [0.05, 0.1) is 5.69 Å². The van der Waals surface area contributed by atoms with Gasteiger partial charge in [-0.2, -0.15) is 0 Å². The van der Waals surface area contributed by atoms with Gasteiger partial charge in [0.25, 0.3) is 5.56 Å². The van der Waals surface area contributed by atoms with E-state index in [4.69, 9.17) is 4.98 Å².